The summed E-state index contributed by atoms with van der Waals surface area (Å²) >= 11 is 0. The topological polar surface area (TPSA) is 79.2 Å². The summed E-state index contributed by atoms with van der Waals surface area (Å²) in [4.78, 5) is 11.1. The van der Waals surface area contributed by atoms with Gasteiger partial charge in [-0.2, -0.15) is 5.26 Å². The van der Waals surface area contributed by atoms with Gasteiger partial charge in [0.15, 0.2) is 5.82 Å². The van der Waals surface area contributed by atoms with E-state index in [2.05, 4.69) is 349 Å². The average molecular weight is 1300 g/mol. The number of hydrogen-bond acceptors (Lipinski definition) is 3. The molecule has 9 heteroatoms. The fourth-order valence-corrected chi connectivity index (χ4v) is 17.4. The predicted octanol–water partition coefficient (Wildman–Crippen LogP) is 23.4. The van der Waals surface area contributed by atoms with Crippen molar-refractivity contribution in [3.8, 4) is 62.8 Å². The lowest BCUT2D eigenvalue weighted by atomic mass is 9.99. The minimum atomic E-state index is 0.484. The SMILES string of the molecule is N#Cc1c(-n2c3ccccc3c3c4c(c5ccccc5n4-c4ccccc4)c4c(c5ccccc5n4-c4ccccc4)c32)cc(-c2nc(-c3ccccc3)nc3ccccc23)cc1-n1c2ccccc2c2c3c(c4ccccc4n3-c3ccccc3)c3c(c4ccccc4n3-c3ccccc3)c21. The molecule has 0 saturated carbocycles. The highest BCUT2D eigenvalue weighted by atomic mass is 15.1. The van der Waals surface area contributed by atoms with Gasteiger partial charge in [0.25, 0.3) is 0 Å². The molecule has 7 heterocycles. The van der Waals surface area contributed by atoms with Crippen molar-refractivity contribution in [2.45, 2.75) is 0 Å². The van der Waals surface area contributed by atoms with Gasteiger partial charge in [0, 0.05) is 104 Å². The Labute approximate surface area is 582 Å². The second kappa shape index (κ2) is 21.5. The molecule has 0 amide bonds. The van der Waals surface area contributed by atoms with Crippen LogP contribution >= 0.6 is 0 Å². The molecule has 9 nitrogen and oxygen atoms in total. The van der Waals surface area contributed by atoms with E-state index in [-0.39, 0.29) is 0 Å². The van der Waals surface area contributed by atoms with Crippen LogP contribution in [0.15, 0.2) is 334 Å². The van der Waals surface area contributed by atoms with E-state index in [0.717, 1.165) is 181 Å². The third-order valence-electron chi connectivity index (χ3n) is 21.3. The Balaban J connectivity index is 1.01. The zero-order valence-corrected chi connectivity index (χ0v) is 54.8. The molecule has 0 radical (unpaired) electrons. The zero-order chi connectivity index (χ0) is 66.8. The largest absolute Gasteiger partial charge is 0.308 e. The number of nitriles is 1. The van der Waals surface area contributed by atoms with E-state index in [0.29, 0.717) is 22.8 Å². The van der Waals surface area contributed by atoms with Gasteiger partial charge in [-0.25, -0.2) is 9.97 Å². The van der Waals surface area contributed by atoms with E-state index >= 15 is 0 Å². The number of rotatable bonds is 8. The highest BCUT2D eigenvalue weighted by Crippen LogP contribution is 2.54. The van der Waals surface area contributed by atoms with E-state index in [9.17, 15) is 5.26 Å². The first-order valence-corrected chi connectivity index (χ1v) is 34.6. The van der Waals surface area contributed by atoms with E-state index in [1.807, 2.05) is 18.2 Å². The summed E-state index contributed by atoms with van der Waals surface area (Å²) < 4.78 is 14.8. The van der Waals surface area contributed by atoms with E-state index in [1.165, 1.54) is 0 Å². The lowest BCUT2D eigenvalue weighted by Crippen LogP contribution is -2.06. The van der Waals surface area contributed by atoms with Crippen LogP contribution in [0.4, 0.5) is 0 Å². The van der Waals surface area contributed by atoms with Crippen LogP contribution in [0.1, 0.15) is 5.56 Å². The van der Waals surface area contributed by atoms with Gasteiger partial charge in [-0.05, 0) is 103 Å². The van der Waals surface area contributed by atoms with Crippen LogP contribution in [0.5, 0.6) is 0 Å². The Morgan fingerprint density at radius 1 is 0.235 bits per heavy atom. The molecule has 22 aromatic rings. The van der Waals surface area contributed by atoms with E-state index in [1.54, 1.807) is 0 Å². The number of hydrogen-bond donors (Lipinski definition) is 0. The van der Waals surface area contributed by atoms with Gasteiger partial charge in [0.2, 0.25) is 0 Å². The molecule has 0 fully saturated rings. The quantitative estimate of drug-likeness (QED) is 0.152. The number of benzene rings is 15. The average Bonchev–Trinajstić information content (AvgIpc) is 1.51. The summed E-state index contributed by atoms with van der Waals surface area (Å²) in [6, 6.07) is 123. The lowest BCUT2D eigenvalue weighted by Gasteiger charge is -2.20. The first-order chi connectivity index (χ1) is 50.7. The van der Waals surface area contributed by atoms with Gasteiger partial charge < -0.3 is 27.4 Å². The fourth-order valence-electron chi connectivity index (χ4n) is 17.4. The van der Waals surface area contributed by atoms with Crippen molar-refractivity contribution in [2.24, 2.45) is 0 Å². The van der Waals surface area contributed by atoms with Crippen LogP contribution in [0.25, 0.3) is 199 Å². The lowest BCUT2D eigenvalue weighted by molar-refractivity contribution is 1.12. The Kier molecular flexibility index (Phi) is 11.8. The van der Waals surface area contributed by atoms with Gasteiger partial charge in [-0.3, -0.25) is 0 Å². The molecule has 0 atom stereocenters. The standard InChI is InChI=1S/C93H55N9/c94-56-70-78(101-76-52-28-21-45-68(76)84-89-80(64-41-17-24-48-72(64)97(89)59-32-8-2-9-33-59)87-82(91(84)101)66-43-19-26-50-74(66)99(87)61-36-12-4-13-37-61)54-58(86-63-40-16-23-47-71(63)95-93(96-86)57-30-6-1-7-31-57)55-79(70)102-77-53-29-22-46-69(77)85-90-81(65-42-18-25-49-73(65)98(90)60-34-10-3-11-35-60)88-83(92(85)102)67-44-20-27-51-75(67)100(88)62-38-14-5-15-39-62/h1-55H. The van der Waals surface area contributed by atoms with Crippen molar-refractivity contribution in [3.63, 3.8) is 0 Å². The monoisotopic (exact) mass is 1300 g/mol. The minimum absolute atomic E-state index is 0.484. The maximum Gasteiger partial charge on any atom is 0.160 e. The molecular formula is C93H55N9. The molecule has 0 saturated heterocycles. The maximum absolute atomic E-state index is 13.2. The number of nitrogens with zero attached hydrogens (tertiary/aromatic N) is 9. The highest BCUT2D eigenvalue weighted by Gasteiger charge is 2.34. The highest BCUT2D eigenvalue weighted by molar-refractivity contribution is 6.42. The van der Waals surface area contributed by atoms with Crippen LogP contribution in [0, 0.1) is 11.3 Å². The molecule has 0 aliphatic carbocycles. The number of para-hydroxylation sites is 11. The normalized spacial score (nSPS) is 12.1. The van der Waals surface area contributed by atoms with Crippen LogP contribution in [0.3, 0.4) is 0 Å². The first-order valence-electron chi connectivity index (χ1n) is 34.6. The van der Waals surface area contributed by atoms with E-state index < -0.39 is 0 Å². The zero-order valence-electron chi connectivity index (χ0n) is 54.8. The fraction of sp³-hybridized carbons (Fsp3) is 0. The van der Waals surface area contributed by atoms with Gasteiger partial charge >= 0.3 is 0 Å². The Morgan fingerprint density at radius 3 is 0.804 bits per heavy atom. The van der Waals surface area contributed by atoms with Crippen molar-refractivity contribution in [1.29, 1.82) is 5.26 Å². The Morgan fingerprint density at radius 2 is 0.490 bits per heavy atom. The molecule has 102 heavy (non-hydrogen) atoms. The Bertz CT molecular complexity index is 6840. The third kappa shape index (κ3) is 7.63. The third-order valence-corrected chi connectivity index (χ3v) is 21.3. The molecule has 0 spiro atoms. The Hall–Kier alpha value is -14.1. The molecule has 15 aromatic carbocycles. The molecule has 0 aliphatic heterocycles. The van der Waals surface area contributed by atoms with Gasteiger partial charge in [0.1, 0.15) is 11.6 Å². The molecular weight excluding hydrogens is 1240 g/mol. The van der Waals surface area contributed by atoms with Crippen molar-refractivity contribution in [2.75, 3.05) is 0 Å². The van der Waals surface area contributed by atoms with Gasteiger partial charge in [0.05, 0.1) is 88.8 Å². The second-order valence-corrected chi connectivity index (χ2v) is 26.6. The van der Waals surface area contributed by atoms with Crippen molar-refractivity contribution >= 4 is 142 Å². The summed E-state index contributed by atoms with van der Waals surface area (Å²) in [7, 11) is 0. The predicted molar refractivity (Wildman–Crippen MR) is 421 cm³/mol. The van der Waals surface area contributed by atoms with Crippen molar-refractivity contribution in [3.05, 3.63) is 339 Å². The smallest absolute Gasteiger partial charge is 0.160 e. The molecule has 0 unspecified atom stereocenters. The maximum atomic E-state index is 13.2. The number of aromatic nitrogens is 8. The summed E-state index contributed by atoms with van der Waals surface area (Å²) in [6.45, 7) is 0. The van der Waals surface area contributed by atoms with Gasteiger partial charge in [-0.15, -0.1) is 0 Å². The van der Waals surface area contributed by atoms with Crippen LogP contribution in [-0.2, 0) is 0 Å². The van der Waals surface area contributed by atoms with Crippen LogP contribution in [-0.4, -0.2) is 37.4 Å². The first kappa shape index (κ1) is 56.0. The van der Waals surface area contributed by atoms with E-state index in [4.69, 9.17) is 9.97 Å². The molecule has 0 N–H and O–H groups in total. The summed E-state index contributed by atoms with van der Waals surface area (Å²) in [5.74, 6) is 0.601. The van der Waals surface area contributed by atoms with Gasteiger partial charge in [-0.1, -0.05) is 231 Å². The van der Waals surface area contributed by atoms with Crippen LogP contribution < -0.4 is 0 Å². The summed E-state index contributed by atoms with van der Waals surface area (Å²) in [6.07, 6.45) is 0. The number of fused-ring (bicyclic) bond motifs is 25. The summed E-state index contributed by atoms with van der Waals surface area (Å²) in [5.41, 5.74) is 21.8. The molecule has 7 aromatic heterocycles. The molecule has 0 aliphatic rings. The van der Waals surface area contributed by atoms with Crippen molar-refractivity contribution in [1.82, 2.24) is 37.4 Å². The van der Waals surface area contributed by atoms with Crippen LogP contribution in [0.2, 0.25) is 0 Å². The molecule has 472 valence electrons. The second-order valence-electron chi connectivity index (χ2n) is 26.6. The summed E-state index contributed by atoms with van der Waals surface area (Å²) in [5, 5.41) is 27.2. The molecule has 22 rings (SSSR count). The molecule has 0 bridgehead atoms. The van der Waals surface area contributed by atoms with Crippen molar-refractivity contribution < 1.29 is 0 Å². The minimum Gasteiger partial charge on any atom is -0.308 e.